The van der Waals surface area contributed by atoms with Crippen LogP contribution in [0.15, 0.2) is 150 Å². The third kappa shape index (κ3) is 10.5. The molecule has 0 bridgehead atoms. The molecule has 8 nitrogen and oxygen atoms in total. The van der Waals surface area contributed by atoms with Crippen LogP contribution in [0.3, 0.4) is 0 Å². The van der Waals surface area contributed by atoms with Crippen molar-refractivity contribution < 1.29 is 28.6 Å². The maximum Gasteiger partial charge on any atom is 0.269 e. The summed E-state index contributed by atoms with van der Waals surface area (Å²) in [7, 11) is 2.97. The standard InChI is InChI=1S/C40H39NO7S2/c42-41(43)34-21-23-35(24-22-34)49-50-40-39(47-28-33-19-11-4-12-20-33)38(46-27-32-17-9-3-10-18-32)37(45-26-31-15-7-2-8-16-31)36(48-40)29-44-25-30-13-5-1-6-14-30/h1-24,36-40H,25-29H2/t36-,37+,38+,39-,40+/m1/s1. The molecule has 1 fully saturated rings. The second-order valence-corrected chi connectivity index (χ2v) is 14.1. The molecule has 1 heterocycles. The molecule has 1 aliphatic rings. The summed E-state index contributed by atoms with van der Waals surface area (Å²) in [4.78, 5) is 11.7. The Hall–Kier alpha value is -4.00. The molecule has 0 spiro atoms. The Morgan fingerprint density at radius 2 is 1.00 bits per heavy atom. The van der Waals surface area contributed by atoms with Gasteiger partial charge >= 0.3 is 0 Å². The molecular weight excluding hydrogens is 671 g/mol. The van der Waals surface area contributed by atoms with E-state index in [4.69, 9.17) is 23.7 Å². The summed E-state index contributed by atoms with van der Waals surface area (Å²) in [6.07, 6.45) is -2.09. The normalized spacial score (nSPS) is 20.4. The first kappa shape index (κ1) is 35.8. The minimum Gasteiger partial charge on any atom is -0.374 e. The first-order chi connectivity index (χ1) is 24.6. The summed E-state index contributed by atoms with van der Waals surface area (Å²) in [5, 5.41) is 11.3. The van der Waals surface area contributed by atoms with Crippen LogP contribution in [0.5, 0.6) is 0 Å². The fourth-order valence-corrected chi connectivity index (χ4v) is 7.95. The highest BCUT2D eigenvalue weighted by Crippen LogP contribution is 2.43. The van der Waals surface area contributed by atoms with E-state index in [1.54, 1.807) is 12.1 Å². The highest BCUT2D eigenvalue weighted by molar-refractivity contribution is 8.76. The number of non-ortho nitro benzene ring substituents is 1. The summed E-state index contributed by atoms with van der Waals surface area (Å²) < 4.78 is 33.4. The molecule has 5 aromatic carbocycles. The molecule has 5 atom stereocenters. The van der Waals surface area contributed by atoms with Gasteiger partial charge in [-0.15, -0.1) is 0 Å². The van der Waals surface area contributed by atoms with Gasteiger partial charge in [0.2, 0.25) is 0 Å². The van der Waals surface area contributed by atoms with E-state index in [0.717, 1.165) is 27.1 Å². The van der Waals surface area contributed by atoms with Gasteiger partial charge in [0.1, 0.15) is 29.9 Å². The minimum atomic E-state index is -0.541. The maximum absolute atomic E-state index is 11.3. The van der Waals surface area contributed by atoms with E-state index in [2.05, 4.69) is 0 Å². The average Bonchev–Trinajstić information content (AvgIpc) is 3.17. The first-order valence-corrected chi connectivity index (χ1v) is 18.7. The third-order valence-electron chi connectivity index (χ3n) is 8.13. The average molecular weight is 710 g/mol. The van der Waals surface area contributed by atoms with Crippen molar-refractivity contribution in [1.82, 2.24) is 0 Å². The number of hydrogen-bond acceptors (Lipinski definition) is 9. The zero-order chi connectivity index (χ0) is 34.4. The van der Waals surface area contributed by atoms with Crippen molar-refractivity contribution >= 4 is 27.3 Å². The minimum absolute atomic E-state index is 0.0424. The lowest BCUT2D eigenvalue weighted by molar-refractivity contribution is -0.384. The second kappa shape index (κ2) is 18.8. The smallest absolute Gasteiger partial charge is 0.269 e. The Morgan fingerprint density at radius 3 is 1.48 bits per heavy atom. The van der Waals surface area contributed by atoms with Crippen LogP contribution in [-0.2, 0) is 50.1 Å². The molecule has 0 saturated carbocycles. The molecule has 0 amide bonds. The van der Waals surface area contributed by atoms with Crippen LogP contribution in [0, 0.1) is 10.1 Å². The maximum atomic E-state index is 11.3. The zero-order valence-corrected chi connectivity index (χ0v) is 29.0. The van der Waals surface area contributed by atoms with Crippen LogP contribution < -0.4 is 0 Å². The predicted molar refractivity (Wildman–Crippen MR) is 196 cm³/mol. The number of nitrogens with zero attached hydrogens (tertiary/aromatic N) is 1. The van der Waals surface area contributed by atoms with Crippen molar-refractivity contribution in [2.45, 2.75) is 61.2 Å². The fourth-order valence-electron chi connectivity index (χ4n) is 5.55. The molecule has 1 saturated heterocycles. The Kier molecular flexibility index (Phi) is 13.5. The molecule has 6 rings (SSSR count). The van der Waals surface area contributed by atoms with E-state index >= 15 is 0 Å². The van der Waals surface area contributed by atoms with E-state index in [9.17, 15) is 10.1 Å². The largest absolute Gasteiger partial charge is 0.374 e. The Morgan fingerprint density at radius 1 is 0.560 bits per heavy atom. The van der Waals surface area contributed by atoms with Gasteiger partial charge in [0.25, 0.3) is 5.69 Å². The monoisotopic (exact) mass is 709 g/mol. The number of hydrogen-bond donors (Lipinski definition) is 0. The van der Waals surface area contributed by atoms with Crippen molar-refractivity contribution in [2.24, 2.45) is 0 Å². The Balaban J connectivity index is 1.30. The highest BCUT2D eigenvalue weighted by atomic mass is 33.1. The summed E-state index contributed by atoms with van der Waals surface area (Å²) in [5.41, 5.74) is 3.69. The van der Waals surface area contributed by atoms with Crippen molar-refractivity contribution in [3.05, 3.63) is 178 Å². The molecule has 10 heteroatoms. The van der Waals surface area contributed by atoms with Crippen molar-refractivity contribution in [1.29, 1.82) is 0 Å². The predicted octanol–water partition coefficient (Wildman–Crippen LogP) is 9.03. The molecule has 0 unspecified atom stereocenters. The SMILES string of the molecule is O=[N+]([O-])c1ccc(SS[C@@H]2O[C@H](COCc3ccccc3)[C@H](OCc3ccccc3)[C@H](OCc3ccccc3)[C@H]2OCc2ccccc2)cc1. The molecule has 50 heavy (non-hydrogen) atoms. The molecule has 0 radical (unpaired) electrons. The third-order valence-corrected chi connectivity index (χ3v) is 10.7. The zero-order valence-electron chi connectivity index (χ0n) is 27.4. The topological polar surface area (TPSA) is 89.3 Å². The van der Waals surface area contributed by atoms with Gasteiger partial charge in [0.15, 0.2) is 0 Å². The van der Waals surface area contributed by atoms with Crippen LogP contribution >= 0.6 is 21.6 Å². The van der Waals surface area contributed by atoms with Gasteiger partial charge in [-0.2, -0.15) is 0 Å². The van der Waals surface area contributed by atoms with Crippen molar-refractivity contribution in [2.75, 3.05) is 6.61 Å². The first-order valence-electron chi connectivity index (χ1n) is 16.4. The van der Waals surface area contributed by atoms with Gasteiger partial charge in [-0.05, 0) is 34.4 Å². The van der Waals surface area contributed by atoms with Crippen LogP contribution in [0.2, 0.25) is 0 Å². The van der Waals surface area contributed by atoms with E-state index in [1.165, 1.54) is 33.7 Å². The van der Waals surface area contributed by atoms with E-state index in [-0.39, 0.29) is 12.3 Å². The fraction of sp³-hybridized carbons (Fsp3) is 0.250. The second-order valence-electron chi connectivity index (χ2n) is 11.8. The molecule has 0 aliphatic carbocycles. The Bertz CT molecular complexity index is 1720. The molecule has 0 N–H and O–H groups in total. The molecular formula is C40H39NO7S2. The quantitative estimate of drug-likeness (QED) is 0.0533. The van der Waals surface area contributed by atoms with Gasteiger partial charge in [0, 0.05) is 17.0 Å². The lowest BCUT2D eigenvalue weighted by atomic mass is 9.98. The molecule has 5 aromatic rings. The molecule has 1 aliphatic heterocycles. The number of benzene rings is 5. The number of nitro groups is 1. The number of ether oxygens (including phenoxy) is 5. The van der Waals surface area contributed by atoms with Gasteiger partial charge in [0.05, 0.1) is 38.0 Å². The number of nitro benzene ring substituents is 1. The Labute approximate surface area is 300 Å². The van der Waals surface area contributed by atoms with Crippen LogP contribution in [0.4, 0.5) is 5.69 Å². The van der Waals surface area contributed by atoms with Gasteiger partial charge in [-0.25, -0.2) is 0 Å². The molecule has 258 valence electrons. The highest BCUT2D eigenvalue weighted by Gasteiger charge is 2.49. The lowest BCUT2D eigenvalue weighted by Gasteiger charge is -2.45. The summed E-state index contributed by atoms with van der Waals surface area (Å²) in [6, 6.07) is 46.6. The lowest BCUT2D eigenvalue weighted by Crippen LogP contribution is -2.60. The summed E-state index contributed by atoms with van der Waals surface area (Å²) >= 11 is 0. The van der Waals surface area contributed by atoms with Crippen molar-refractivity contribution in [3.8, 4) is 0 Å². The van der Waals surface area contributed by atoms with Crippen molar-refractivity contribution in [3.63, 3.8) is 0 Å². The van der Waals surface area contributed by atoms with Gasteiger partial charge in [-0.1, -0.05) is 143 Å². The van der Waals surface area contributed by atoms with Crippen LogP contribution in [0.1, 0.15) is 22.3 Å². The van der Waals surface area contributed by atoms with E-state index in [0.29, 0.717) is 26.4 Å². The van der Waals surface area contributed by atoms with E-state index < -0.39 is 34.8 Å². The molecule has 0 aromatic heterocycles. The summed E-state index contributed by atoms with van der Waals surface area (Å²) in [5.74, 6) is 0. The van der Waals surface area contributed by atoms with Gasteiger partial charge < -0.3 is 23.7 Å². The summed E-state index contributed by atoms with van der Waals surface area (Å²) in [6.45, 7) is 1.75. The number of rotatable bonds is 17. The van der Waals surface area contributed by atoms with E-state index in [1.807, 2.05) is 121 Å². The van der Waals surface area contributed by atoms with Gasteiger partial charge in [-0.3, -0.25) is 10.1 Å². The van der Waals surface area contributed by atoms with Crippen LogP contribution in [-0.4, -0.2) is 41.4 Å². The van der Waals surface area contributed by atoms with Crippen LogP contribution in [0.25, 0.3) is 0 Å².